The lowest BCUT2D eigenvalue weighted by Gasteiger charge is -2.20. The molecule has 0 radical (unpaired) electrons. The molecule has 1 heterocycles. The van der Waals surface area contributed by atoms with Crippen LogP contribution >= 0.6 is 0 Å². The number of aliphatic imine (C=N–C) groups is 1. The lowest BCUT2D eigenvalue weighted by atomic mass is 9.83. The van der Waals surface area contributed by atoms with Gasteiger partial charge in [-0.05, 0) is 119 Å². The van der Waals surface area contributed by atoms with Crippen LogP contribution in [0.1, 0.15) is 76.5 Å². The number of aromatic carboxylic acids is 2. The highest BCUT2D eigenvalue weighted by Gasteiger charge is 2.23. The molecule has 0 spiro atoms. The second-order valence-corrected chi connectivity index (χ2v) is 14.3. The van der Waals surface area contributed by atoms with E-state index in [1.54, 1.807) is 43.5 Å². The number of Topliss-reactive ketones (excluding diaryl/α,β-unsaturated/α-hetero) is 1. The van der Waals surface area contributed by atoms with E-state index in [0.29, 0.717) is 27.9 Å². The molecule has 0 bridgehead atoms. The van der Waals surface area contributed by atoms with Crippen molar-refractivity contribution in [3.05, 3.63) is 205 Å². The first-order valence-electron chi connectivity index (χ1n) is 19.2. The molecular weight excluding hydrogens is 739 g/mol. The Labute approximate surface area is 340 Å². The van der Waals surface area contributed by atoms with E-state index in [1.165, 1.54) is 38.9 Å². The van der Waals surface area contributed by atoms with Gasteiger partial charge in [0.2, 0.25) is 0 Å². The number of aryl methyl sites for hydroxylation is 1. The number of rotatable bonds is 6. The Hall–Kier alpha value is -7.65. The summed E-state index contributed by atoms with van der Waals surface area (Å²) < 4.78 is 0. The molecule has 6 aromatic carbocycles. The van der Waals surface area contributed by atoms with Crippen molar-refractivity contribution >= 4 is 58.4 Å². The van der Waals surface area contributed by atoms with Gasteiger partial charge in [0.05, 0.1) is 22.5 Å². The molecule has 292 valence electrons. The predicted octanol–water partition coefficient (Wildman–Crippen LogP) is 8.21. The van der Waals surface area contributed by atoms with Gasteiger partial charge in [-0.15, -0.1) is 0 Å². The summed E-state index contributed by atoms with van der Waals surface area (Å²) in [6.07, 6.45) is 11.3. The van der Waals surface area contributed by atoms with E-state index in [4.69, 9.17) is 15.9 Å². The van der Waals surface area contributed by atoms with E-state index in [0.717, 1.165) is 53.9 Å². The molecule has 0 saturated carbocycles. The molecule has 0 aromatic heterocycles. The molecule has 2 aliphatic carbocycles. The highest BCUT2D eigenvalue weighted by Crippen LogP contribution is 2.27. The summed E-state index contributed by atoms with van der Waals surface area (Å²) in [5.74, 6) is -2.38. The Bertz CT molecular complexity index is 2900. The molecule has 9 nitrogen and oxygen atoms in total. The van der Waals surface area contributed by atoms with Crippen molar-refractivity contribution in [2.45, 2.75) is 32.6 Å². The SMILES string of the molecule is C1=CNc2ccccc2N=C1.Cc1cc(C(=O)O)cc(C(=O)O)c1.Nc1cc(C(=O)c2ccccc2)ccc1C(=O)C1=c2ccc3c(c2CCC1)CC=c1ccccc1=3. The third-order valence-electron chi connectivity index (χ3n) is 10.4. The Kier molecular flexibility index (Phi) is 11.8. The number of carbonyl (C=O) groups excluding carboxylic acids is 2. The first-order valence-corrected chi connectivity index (χ1v) is 19.2. The molecule has 6 aromatic rings. The van der Waals surface area contributed by atoms with Crippen LogP contribution < -0.4 is 21.5 Å². The molecule has 1 aliphatic heterocycles. The van der Waals surface area contributed by atoms with E-state index in [-0.39, 0.29) is 22.7 Å². The second kappa shape index (κ2) is 17.7. The zero-order chi connectivity index (χ0) is 41.5. The normalized spacial score (nSPS) is 12.8. The van der Waals surface area contributed by atoms with Crippen molar-refractivity contribution in [2.24, 2.45) is 4.99 Å². The summed E-state index contributed by atoms with van der Waals surface area (Å²) in [5.41, 5.74) is 14.3. The number of fused-ring (bicyclic) bond motifs is 5. The number of allylic oxidation sites excluding steroid dienone is 1. The molecule has 0 amide bonds. The number of carboxylic acid groups (broad SMARTS) is 2. The van der Waals surface area contributed by atoms with Gasteiger partial charge in [0.25, 0.3) is 0 Å². The minimum Gasteiger partial charge on any atom is -0.478 e. The van der Waals surface area contributed by atoms with Crippen LogP contribution in [0.25, 0.3) is 11.6 Å². The quantitative estimate of drug-likeness (QED) is 0.0973. The zero-order valence-corrected chi connectivity index (χ0v) is 32.3. The third kappa shape index (κ3) is 8.85. The standard InChI is InChI=1S/C32H25NO2.C9H8N2.C9H8O4/c33-30-19-22(31(34)21-8-2-1-3-9-21)14-16-29(30)32(35)28-12-6-11-24-26-15-13-20-7-4-5-10-23(20)25(26)17-18-27(24)28;1-2-5-9-8(4-1)10-6-3-7-11-9;1-5-2-6(8(10)11)4-7(3-5)9(12)13/h1-5,7-10,13-14,16-19H,6,11-12,15,33H2;1-7,10H;2-4H,1H3,(H,10,11)(H,12,13). The number of ketones is 2. The van der Waals surface area contributed by atoms with Crippen LogP contribution in [0.3, 0.4) is 0 Å². The lowest BCUT2D eigenvalue weighted by Crippen LogP contribution is -2.26. The molecule has 3 aliphatic rings. The molecule has 0 saturated heterocycles. The summed E-state index contributed by atoms with van der Waals surface area (Å²) in [6, 6.07) is 38.9. The first kappa shape index (κ1) is 39.6. The average Bonchev–Trinajstić information content (AvgIpc) is 3.52. The number of benzene rings is 6. The van der Waals surface area contributed by atoms with Crippen molar-refractivity contribution in [1.82, 2.24) is 0 Å². The summed E-state index contributed by atoms with van der Waals surface area (Å²) in [7, 11) is 0. The minimum absolute atomic E-state index is 0.00241. The fourth-order valence-electron chi connectivity index (χ4n) is 7.56. The molecule has 0 unspecified atom stereocenters. The van der Waals surface area contributed by atoms with Gasteiger partial charge in [-0.2, -0.15) is 0 Å². The number of anilines is 2. The van der Waals surface area contributed by atoms with E-state index in [1.807, 2.05) is 54.7 Å². The predicted molar refractivity (Wildman–Crippen MR) is 232 cm³/mol. The summed E-state index contributed by atoms with van der Waals surface area (Å²) in [5, 5.41) is 25.2. The van der Waals surface area contributed by atoms with Crippen LogP contribution in [0.15, 0.2) is 145 Å². The van der Waals surface area contributed by atoms with Crippen LogP contribution in [0.5, 0.6) is 0 Å². The molecular formula is C50H41N3O6. The van der Waals surface area contributed by atoms with Crippen molar-refractivity contribution in [2.75, 3.05) is 11.1 Å². The van der Waals surface area contributed by atoms with Gasteiger partial charge in [-0.25, -0.2) is 9.59 Å². The Morgan fingerprint density at radius 1 is 0.644 bits per heavy atom. The van der Waals surface area contributed by atoms with Gasteiger partial charge < -0.3 is 21.3 Å². The Balaban J connectivity index is 0.000000179. The number of hydrogen-bond acceptors (Lipinski definition) is 7. The van der Waals surface area contributed by atoms with Crippen molar-refractivity contribution in [1.29, 1.82) is 0 Å². The maximum Gasteiger partial charge on any atom is 0.335 e. The van der Waals surface area contributed by atoms with Crippen LogP contribution in [-0.4, -0.2) is 39.9 Å². The highest BCUT2D eigenvalue weighted by molar-refractivity contribution is 6.26. The maximum absolute atomic E-state index is 13.7. The second-order valence-electron chi connectivity index (χ2n) is 14.3. The number of nitrogens with two attached hydrogens (primary N) is 1. The van der Waals surface area contributed by atoms with Crippen LogP contribution in [0, 0.1) is 17.4 Å². The molecule has 0 fully saturated rings. The summed E-state index contributed by atoms with van der Waals surface area (Å²) in [4.78, 5) is 51.8. The van der Waals surface area contributed by atoms with E-state index < -0.39 is 11.9 Å². The van der Waals surface area contributed by atoms with Gasteiger partial charge >= 0.3 is 11.9 Å². The number of carbonyl (C=O) groups is 4. The number of carboxylic acids is 2. The number of nitrogens with one attached hydrogen (secondary N) is 1. The van der Waals surface area contributed by atoms with Gasteiger partial charge in [0, 0.05) is 40.4 Å². The van der Waals surface area contributed by atoms with Gasteiger partial charge in [0.1, 0.15) is 0 Å². The van der Waals surface area contributed by atoms with Crippen LogP contribution in [0.4, 0.5) is 17.1 Å². The number of nitrogen functional groups attached to an aromatic ring is 1. The molecule has 9 heteroatoms. The average molecular weight is 780 g/mol. The van der Waals surface area contributed by atoms with Gasteiger partial charge in [-0.1, -0.05) is 91.0 Å². The van der Waals surface area contributed by atoms with Gasteiger partial charge in [0.15, 0.2) is 11.6 Å². The van der Waals surface area contributed by atoms with Gasteiger partial charge in [-0.3, -0.25) is 14.6 Å². The molecule has 5 N–H and O–H groups in total. The maximum atomic E-state index is 13.7. The summed E-state index contributed by atoms with van der Waals surface area (Å²) >= 11 is 0. The largest absolute Gasteiger partial charge is 0.478 e. The zero-order valence-electron chi connectivity index (χ0n) is 32.3. The minimum atomic E-state index is -1.12. The fraction of sp³-hybridized carbons (Fsp3) is 0.100. The van der Waals surface area contributed by atoms with E-state index in [9.17, 15) is 19.2 Å². The lowest BCUT2D eigenvalue weighted by molar-refractivity contribution is 0.0696. The molecule has 59 heavy (non-hydrogen) atoms. The number of para-hydroxylation sites is 2. The third-order valence-corrected chi connectivity index (χ3v) is 10.4. The monoisotopic (exact) mass is 779 g/mol. The fourth-order valence-corrected chi connectivity index (χ4v) is 7.56. The topological polar surface area (TPSA) is 159 Å². The number of nitrogens with zero attached hydrogens (tertiary/aromatic N) is 1. The van der Waals surface area contributed by atoms with Crippen LogP contribution in [0.2, 0.25) is 0 Å². The van der Waals surface area contributed by atoms with Crippen molar-refractivity contribution < 1.29 is 29.4 Å². The molecule has 9 rings (SSSR count). The molecule has 0 atom stereocenters. The van der Waals surface area contributed by atoms with Crippen LogP contribution in [-0.2, 0) is 12.8 Å². The summed E-state index contributed by atoms with van der Waals surface area (Å²) in [6.45, 7) is 1.65. The highest BCUT2D eigenvalue weighted by atomic mass is 16.4. The van der Waals surface area contributed by atoms with Crippen molar-refractivity contribution in [3.8, 4) is 0 Å². The smallest absolute Gasteiger partial charge is 0.335 e. The first-order chi connectivity index (χ1) is 28.6. The van der Waals surface area contributed by atoms with E-state index in [2.05, 4.69) is 52.8 Å². The van der Waals surface area contributed by atoms with E-state index >= 15 is 0 Å². The Morgan fingerprint density at radius 3 is 2.08 bits per heavy atom. The van der Waals surface area contributed by atoms with Crippen molar-refractivity contribution in [3.63, 3.8) is 0 Å². The Morgan fingerprint density at radius 2 is 1.34 bits per heavy atom. The number of hydrogen-bond donors (Lipinski definition) is 4.